The molecule has 86 valence electrons. The van der Waals surface area contributed by atoms with Gasteiger partial charge in [0.1, 0.15) is 0 Å². The zero-order valence-electron chi connectivity index (χ0n) is 9.50. The van der Waals surface area contributed by atoms with Crippen LogP contribution in [-0.2, 0) is 11.2 Å². The molecule has 1 aliphatic heterocycles. The number of halogens is 1. The quantitative estimate of drug-likeness (QED) is 0.779. The summed E-state index contributed by atoms with van der Waals surface area (Å²) in [6.07, 6.45) is 3.77. The fourth-order valence-corrected chi connectivity index (χ4v) is 2.65. The van der Waals surface area contributed by atoms with Gasteiger partial charge in [0.05, 0.1) is 0 Å². The summed E-state index contributed by atoms with van der Waals surface area (Å²) in [5.41, 5.74) is 2.45. The van der Waals surface area contributed by atoms with Crippen molar-refractivity contribution in [3.63, 3.8) is 0 Å². The first kappa shape index (κ1) is 11.9. The third kappa shape index (κ3) is 2.39. The van der Waals surface area contributed by atoms with Crippen LogP contribution in [0.1, 0.15) is 31.7 Å². The predicted octanol–water partition coefficient (Wildman–Crippen LogP) is 3.37. The van der Waals surface area contributed by atoms with Crippen molar-refractivity contribution in [3.8, 4) is 0 Å². The topological polar surface area (TPSA) is 20.3 Å². The van der Waals surface area contributed by atoms with Crippen molar-refractivity contribution in [2.45, 2.75) is 32.6 Å². The third-order valence-electron chi connectivity index (χ3n) is 2.98. The average Bonchev–Trinajstić information content (AvgIpc) is 2.28. The van der Waals surface area contributed by atoms with Crippen molar-refractivity contribution in [2.75, 3.05) is 11.4 Å². The third-order valence-corrected chi connectivity index (χ3v) is 3.65. The van der Waals surface area contributed by atoms with Crippen LogP contribution in [0.5, 0.6) is 0 Å². The van der Waals surface area contributed by atoms with Gasteiger partial charge in [-0.05, 0) is 59.2 Å². The molecule has 0 radical (unpaired) electrons. The van der Waals surface area contributed by atoms with E-state index in [1.807, 2.05) is 4.90 Å². The minimum Gasteiger partial charge on any atom is -0.312 e. The standard InChI is InChI=1S/C13H16INO/c1-2-3-8-15-12-6-5-11(14)9-10(12)4-7-13(15)16/h5-6,9H,2-4,7-8H2,1H3. The van der Waals surface area contributed by atoms with E-state index in [0.29, 0.717) is 6.42 Å². The van der Waals surface area contributed by atoms with Gasteiger partial charge in [-0.25, -0.2) is 0 Å². The first-order chi connectivity index (χ1) is 7.72. The number of rotatable bonds is 3. The second-order valence-corrected chi connectivity index (χ2v) is 5.42. The lowest BCUT2D eigenvalue weighted by Crippen LogP contribution is -2.35. The van der Waals surface area contributed by atoms with Gasteiger partial charge in [0.2, 0.25) is 5.91 Å². The Morgan fingerprint density at radius 3 is 2.94 bits per heavy atom. The Hall–Kier alpha value is -0.580. The van der Waals surface area contributed by atoms with Gasteiger partial charge in [0, 0.05) is 22.2 Å². The largest absolute Gasteiger partial charge is 0.312 e. The van der Waals surface area contributed by atoms with Crippen LogP contribution in [0.4, 0.5) is 5.69 Å². The van der Waals surface area contributed by atoms with E-state index in [0.717, 1.165) is 31.5 Å². The number of fused-ring (bicyclic) bond motifs is 1. The molecule has 1 aliphatic rings. The van der Waals surface area contributed by atoms with Gasteiger partial charge in [0.25, 0.3) is 0 Å². The summed E-state index contributed by atoms with van der Waals surface area (Å²) >= 11 is 2.32. The number of anilines is 1. The molecule has 0 saturated carbocycles. The second kappa shape index (κ2) is 5.17. The van der Waals surface area contributed by atoms with Crippen LogP contribution in [0.2, 0.25) is 0 Å². The molecule has 0 spiro atoms. The fraction of sp³-hybridized carbons (Fsp3) is 0.462. The van der Waals surface area contributed by atoms with Crippen molar-refractivity contribution in [1.29, 1.82) is 0 Å². The first-order valence-corrected chi connectivity index (χ1v) is 6.89. The predicted molar refractivity (Wildman–Crippen MR) is 74.7 cm³/mol. The lowest BCUT2D eigenvalue weighted by atomic mass is 10.0. The average molecular weight is 329 g/mol. The summed E-state index contributed by atoms with van der Waals surface area (Å²) in [5, 5.41) is 0. The van der Waals surface area contributed by atoms with Gasteiger partial charge >= 0.3 is 0 Å². The molecule has 2 nitrogen and oxygen atoms in total. The summed E-state index contributed by atoms with van der Waals surface area (Å²) < 4.78 is 1.25. The second-order valence-electron chi connectivity index (χ2n) is 4.17. The van der Waals surface area contributed by atoms with Gasteiger partial charge in [-0.2, -0.15) is 0 Å². The Balaban J connectivity index is 2.29. The van der Waals surface area contributed by atoms with Crippen molar-refractivity contribution < 1.29 is 4.79 Å². The van der Waals surface area contributed by atoms with E-state index in [4.69, 9.17) is 0 Å². The van der Waals surface area contributed by atoms with Crippen LogP contribution in [0, 0.1) is 3.57 Å². The first-order valence-electron chi connectivity index (χ1n) is 5.81. The Labute approximate surface area is 110 Å². The molecular formula is C13H16INO. The van der Waals surface area contributed by atoms with E-state index in [9.17, 15) is 4.79 Å². The van der Waals surface area contributed by atoms with Crippen LogP contribution < -0.4 is 4.90 Å². The van der Waals surface area contributed by atoms with Crippen LogP contribution in [0.25, 0.3) is 0 Å². The Kier molecular flexibility index (Phi) is 3.84. The number of aryl methyl sites for hydroxylation is 1. The van der Waals surface area contributed by atoms with E-state index < -0.39 is 0 Å². The molecule has 1 heterocycles. The lowest BCUT2D eigenvalue weighted by molar-refractivity contribution is -0.118. The summed E-state index contributed by atoms with van der Waals surface area (Å²) in [7, 11) is 0. The number of nitrogens with zero attached hydrogens (tertiary/aromatic N) is 1. The Bertz CT molecular complexity index is 403. The number of hydrogen-bond donors (Lipinski definition) is 0. The maximum absolute atomic E-state index is 11.9. The molecule has 0 fully saturated rings. The van der Waals surface area contributed by atoms with Crippen LogP contribution in [-0.4, -0.2) is 12.5 Å². The smallest absolute Gasteiger partial charge is 0.227 e. The monoisotopic (exact) mass is 329 g/mol. The highest BCUT2D eigenvalue weighted by Crippen LogP contribution is 2.29. The maximum atomic E-state index is 11.9. The van der Waals surface area contributed by atoms with E-state index in [-0.39, 0.29) is 5.91 Å². The molecular weight excluding hydrogens is 313 g/mol. The Morgan fingerprint density at radius 2 is 2.19 bits per heavy atom. The molecule has 1 amide bonds. The molecule has 16 heavy (non-hydrogen) atoms. The fourth-order valence-electron chi connectivity index (χ4n) is 2.09. The van der Waals surface area contributed by atoms with Crippen molar-refractivity contribution in [3.05, 3.63) is 27.3 Å². The molecule has 0 N–H and O–H groups in total. The van der Waals surface area contributed by atoms with Crippen molar-refractivity contribution in [2.24, 2.45) is 0 Å². The maximum Gasteiger partial charge on any atom is 0.227 e. The SMILES string of the molecule is CCCCN1C(=O)CCc2cc(I)ccc21. The summed E-state index contributed by atoms with van der Waals surface area (Å²) in [6.45, 7) is 3.02. The minimum atomic E-state index is 0.280. The number of benzene rings is 1. The van der Waals surface area contributed by atoms with Gasteiger partial charge in [0.15, 0.2) is 0 Å². The number of unbranched alkanes of at least 4 members (excludes halogenated alkanes) is 1. The van der Waals surface area contributed by atoms with E-state index in [2.05, 4.69) is 47.7 Å². The van der Waals surface area contributed by atoms with Crippen LogP contribution in [0.15, 0.2) is 18.2 Å². The molecule has 1 aromatic carbocycles. The molecule has 0 aromatic heterocycles. The van der Waals surface area contributed by atoms with E-state index in [1.165, 1.54) is 9.13 Å². The molecule has 3 heteroatoms. The van der Waals surface area contributed by atoms with Gasteiger partial charge < -0.3 is 4.90 Å². The lowest BCUT2D eigenvalue weighted by Gasteiger charge is -2.29. The zero-order valence-corrected chi connectivity index (χ0v) is 11.7. The molecule has 0 atom stereocenters. The highest BCUT2D eigenvalue weighted by atomic mass is 127. The molecule has 2 rings (SSSR count). The molecule has 1 aromatic rings. The molecule has 0 unspecified atom stereocenters. The van der Waals surface area contributed by atoms with Crippen LogP contribution in [0.3, 0.4) is 0 Å². The molecule has 0 saturated heterocycles. The van der Waals surface area contributed by atoms with Gasteiger partial charge in [-0.1, -0.05) is 13.3 Å². The van der Waals surface area contributed by atoms with Crippen molar-refractivity contribution >= 4 is 34.2 Å². The number of carbonyl (C=O) groups excluding carboxylic acids is 1. The van der Waals surface area contributed by atoms with E-state index in [1.54, 1.807) is 0 Å². The number of amides is 1. The molecule has 0 aliphatic carbocycles. The highest BCUT2D eigenvalue weighted by molar-refractivity contribution is 14.1. The zero-order chi connectivity index (χ0) is 11.5. The number of hydrogen-bond acceptors (Lipinski definition) is 1. The van der Waals surface area contributed by atoms with Crippen molar-refractivity contribution in [1.82, 2.24) is 0 Å². The van der Waals surface area contributed by atoms with Gasteiger partial charge in [-0.15, -0.1) is 0 Å². The minimum absolute atomic E-state index is 0.280. The summed E-state index contributed by atoms with van der Waals surface area (Å²) in [4.78, 5) is 13.8. The normalized spacial score (nSPS) is 15.1. The Morgan fingerprint density at radius 1 is 1.38 bits per heavy atom. The van der Waals surface area contributed by atoms with Crippen LogP contribution >= 0.6 is 22.6 Å². The summed E-state index contributed by atoms with van der Waals surface area (Å²) in [5.74, 6) is 0.280. The number of carbonyl (C=O) groups is 1. The highest BCUT2D eigenvalue weighted by Gasteiger charge is 2.23. The molecule has 0 bridgehead atoms. The van der Waals surface area contributed by atoms with Gasteiger partial charge in [-0.3, -0.25) is 4.79 Å². The van der Waals surface area contributed by atoms with E-state index >= 15 is 0 Å². The summed E-state index contributed by atoms with van der Waals surface area (Å²) in [6, 6.07) is 6.36.